The fourth-order valence-electron chi connectivity index (χ4n) is 3.16. The van der Waals surface area contributed by atoms with Crippen LogP contribution in [-0.2, 0) is 16.6 Å². The minimum Gasteiger partial charge on any atom is -0.465 e. The highest BCUT2D eigenvalue weighted by molar-refractivity contribution is 6.08. The first-order valence-electron chi connectivity index (χ1n) is 11.0. The summed E-state index contributed by atoms with van der Waals surface area (Å²) in [6, 6.07) is 4.04. The third kappa shape index (κ3) is 6.16. The smallest absolute Gasteiger partial charge is 0.185 e. The van der Waals surface area contributed by atoms with Crippen LogP contribution in [0.15, 0.2) is 101 Å². The van der Waals surface area contributed by atoms with Gasteiger partial charge in [-0.05, 0) is 41.0 Å². The van der Waals surface area contributed by atoms with Gasteiger partial charge in [0.2, 0.25) is 0 Å². The maximum Gasteiger partial charge on any atom is 0.185 e. The molecule has 0 N–H and O–H groups in total. The fraction of sp³-hybridized carbons (Fsp3) is 0.310. The van der Waals surface area contributed by atoms with Crippen LogP contribution in [0.5, 0.6) is 0 Å². The Morgan fingerprint density at radius 3 is 1.91 bits per heavy atom. The Balaban J connectivity index is 1.90. The third-order valence-corrected chi connectivity index (χ3v) is 5.26. The summed E-state index contributed by atoms with van der Waals surface area (Å²) in [6.07, 6.45) is 21.6. The van der Waals surface area contributed by atoms with Gasteiger partial charge in [-0.3, -0.25) is 4.79 Å². The van der Waals surface area contributed by atoms with E-state index in [0.29, 0.717) is 5.57 Å². The number of aromatic nitrogens is 1. The van der Waals surface area contributed by atoms with Gasteiger partial charge in [0.05, 0.1) is 0 Å². The molecule has 1 aliphatic carbocycles. The molecular weight excluding hydrogens is 394 g/mol. The van der Waals surface area contributed by atoms with Crippen LogP contribution >= 0.6 is 0 Å². The lowest BCUT2D eigenvalue weighted by Crippen LogP contribution is -2.25. The summed E-state index contributed by atoms with van der Waals surface area (Å²) in [4.78, 5) is 12.3. The zero-order chi connectivity index (χ0) is 23.5. The summed E-state index contributed by atoms with van der Waals surface area (Å²) in [5.74, 6) is 1.93. The Labute approximate surface area is 192 Å². The number of rotatable bonds is 3. The number of carbonyl (C=O) groups is 1. The van der Waals surface area contributed by atoms with Gasteiger partial charge in [0.15, 0.2) is 18.2 Å². The Kier molecular flexibility index (Phi) is 6.68. The Morgan fingerprint density at radius 2 is 1.34 bits per heavy atom. The van der Waals surface area contributed by atoms with Crippen molar-refractivity contribution in [3.63, 3.8) is 0 Å². The van der Waals surface area contributed by atoms with Crippen molar-refractivity contribution in [2.24, 2.45) is 17.9 Å². The summed E-state index contributed by atoms with van der Waals surface area (Å²) in [6.45, 7) is 12.9. The summed E-state index contributed by atoms with van der Waals surface area (Å²) in [7, 11) is 1.98. The first-order valence-corrected chi connectivity index (χ1v) is 11.0. The molecule has 1 aliphatic heterocycles. The molecular formula is C29H34NO2+. The number of allylic oxidation sites excluding steroid dienone is 13. The normalized spacial score (nSPS) is 18.5. The van der Waals surface area contributed by atoms with E-state index in [0.717, 1.165) is 28.2 Å². The lowest BCUT2D eigenvalue weighted by Gasteiger charge is -2.32. The molecule has 2 heterocycles. The number of hydrogen-bond acceptors (Lipinski definition) is 2. The lowest BCUT2D eigenvalue weighted by molar-refractivity contribution is -0.671. The minimum absolute atomic E-state index is 0.0171. The van der Waals surface area contributed by atoms with Crippen LogP contribution in [-0.4, -0.2) is 5.78 Å². The average Bonchev–Trinajstić information content (AvgIpc) is 2.72. The van der Waals surface area contributed by atoms with Crippen molar-refractivity contribution >= 4 is 11.9 Å². The van der Waals surface area contributed by atoms with E-state index in [2.05, 4.69) is 59.8 Å². The van der Waals surface area contributed by atoms with Gasteiger partial charge < -0.3 is 4.74 Å². The van der Waals surface area contributed by atoms with E-state index in [4.69, 9.17) is 4.74 Å². The zero-order valence-electron chi connectivity index (χ0n) is 20.3. The van der Waals surface area contributed by atoms with Crippen LogP contribution in [0.25, 0.3) is 6.08 Å². The standard InChI is InChI=1S/C29H34NO2/c1-28(2,3)26-19-23(20-27(32-26)29(4,5)6)9-8-22-11-13-25(31)24(18-22)12-10-21-14-16-30(7)17-15-21/h8-20H,1-7H3/q+1/b12-10+,22-8-. The van der Waals surface area contributed by atoms with Gasteiger partial charge in [-0.15, -0.1) is 0 Å². The largest absolute Gasteiger partial charge is 0.465 e. The topological polar surface area (TPSA) is 30.2 Å². The maximum atomic E-state index is 12.3. The van der Waals surface area contributed by atoms with E-state index >= 15 is 0 Å². The van der Waals surface area contributed by atoms with E-state index in [9.17, 15) is 4.79 Å². The highest BCUT2D eigenvalue weighted by Crippen LogP contribution is 2.39. The van der Waals surface area contributed by atoms with Crippen molar-refractivity contribution in [3.8, 4) is 0 Å². The van der Waals surface area contributed by atoms with Crippen molar-refractivity contribution < 1.29 is 14.1 Å². The molecule has 3 nitrogen and oxygen atoms in total. The average molecular weight is 429 g/mol. The lowest BCUT2D eigenvalue weighted by atomic mass is 9.87. The van der Waals surface area contributed by atoms with Crippen molar-refractivity contribution in [1.29, 1.82) is 0 Å². The molecule has 0 amide bonds. The second-order valence-corrected chi connectivity index (χ2v) is 10.4. The molecule has 3 heteroatoms. The van der Waals surface area contributed by atoms with Crippen molar-refractivity contribution in [1.82, 2.24) is 0 Å². The number of nitrogens with zero attached hydrogens (tertiary/aromatic N) is 1. The van der Waals surface area contributed by atoms with Crippen molar-refractivity contribution in [2.45, 2.75) is 41.5 Å². The van der Waals surface area contributed by atoms with Gasteiger partial charge in [0.25, 0.3) is 0 Å². The van der Waals surface area contributed by atoms with E-state index in [-0.39, 0.29) is 16.6 Å². The molecule has 1 aromatic rings. The molecule has 0 saturated heterocycles. The molecule has 0 atom stereocenters. The monoisotopic (exact) mass is 428 g/mol. The first kappa shape index (κ1) is 23.5. The second kappa shape index (κ2) is 9.12. The molecule has 0 aromatic carbocycles. The number of carbonyl (C=O) groups excluding carboxylic acids is 1. The van der Waals surface area contributed by atoms with E-state index < -0.39 is 0 Å². The molecule has 1 aromatic heterocycles. The van der Waals surface area contributed by atoms with Gasteiger partial charge in [-0.25, -0.2) is 4.57 Å². The number of pyridine rings is 1. The van der Waals surface area contributed by atoms with Gasteiger partial charge in [-0.2, -0.15) is 0 Å². The Bertz CT molecular complexity index is 1070. The van der Waals surface area contributed by atoms with Gasteiger partial charge in [0.1, 0.15) is 18.6 Å². The third-order valence-electron chi connectivity index (χ3n) is 5.26. The SMILES string of the molecule is C[n+]1ccc(/C=C/C2=CC(=C\C=C3C=C(C(C)(C)C)OC(C(C)(C)C)=C3)/C=CC2=O)cc1. The minimum atomic E-state index is -0.0828. The van der Waals surface area contributed by atoms with Crippen LogP contribution in [0, 0.1) is 10.8 Å². The summed E-state index contributed by atoms with van der Waals surface area (Å²) < 4.78 is 8.21. The molecule has 0 fully saturated rings. The Hall–Kier alpha value is -3.20. The molecule has 0 radical (unpaired) electrons. The number of ketones is 1. The van der Waals surface area contributed by atoms with Gasteiger partial charge >= 0.3 is 0 Å². The predicted octanol–water partition coefficient (Wildman–Crippen LogP) is 6.33. The van der Waals surface area contributed by atoms with Crippen molar-refractivity contribution in [3.05, 3.63) is 107 Å². The first-order chi connectivity index (χ1) is 14.9. The highest BCUT2D eigenvalue weighted by Gasteiger charge is 2.28. The molecule has 0 unspecified atom stereocenters. The zero-order valence-corrected chi connectivity index (χ0v) is 20.3. The highest BCUT2D eigenvalue weighted by atomic mass is 16.5. The number of hydrogen-bond donors (Lipinski definition) is 0. The summed E-state index contributed by atoms with van der Waals surface area (Å²) in [5.41, 5.74) is 3.64. The molecule has 32 heavy (non-hydrogen) atoms. The van der Waals surface area contributed by atoms with Gasteiger partial charge in [-0.1, -0.05) is 71.9 Å². The Morgan fingerprint density at radius 1 is 0.781 bits per heavy atom. The number of aryl methyl sites for hydroxylation is 1. The van der Waals surface area contributed by atoms with E-state index in [1.54, 1.807) is 6.08 Å². The summed E-state index contributed by atoms with van der Waals surface area (Å²) >= 11 is 0. The van der Waals surface area contributed by atoms with E-state index in [1.165, 1.54) is 0 Å². The molecule has 3 rings (SSSR count). The van der Waals surface area contributed by atoms with Crippen molar-refractivity contribution in [2.75, 3.05) is 0 Å². The van der Waals surface area contributed by atoms with Crippen LogP contribution in [0.1, 0.15) is 47.1 Å². The molecule has 0 spiro atoms. The summed E-state index contributed by atoms with van der Waals surface area (Å²) in [5, 5.41) is 0. The molecule has 0 bridgehead atoms. The predicted molar refractivity (Wildman–Crippen MR) is 131 cm³/mol. The quantitative estimate of drug-likeness (QED) is 0.526. The van der Waals surface area contributed by atoms with Crippen LogP contribution in [0.2, 0.25) is 0 Å². The van der Waals surface area contributed by atoms with Crippen LogP contribution in [0.4, 0.5) is 0 Å². The number of ether oxygens (including phenoxy) is 1. The van der Waals surface area contributed by atoms with Crippen LogP contribution in [0.3, 0.4) is 0 Å². The van der Waals surface area contributed by atoms with Crippen LogP contribution < -0.4 is 4.57 Å². The molecule has 0 saturated carbocycles. The molecule has 2 aliphatic rings. The fourth-order valence-corrected chi connectivity index (χ4v) is 3.16. The second-order valence-electron chi connectivity index (χ2n) is 10.4. The van der Waals surface area contributed by atoms with E-state index in [1.807, 2.05) is 66.5 Å². The molecule has 166 valence electrons. The van der Waals surface area contributed by atoms with Gasteiger partial charge in [0, 0.05) is 28.5 Å². The maximum absolute atomic E-state index is 12.3.